The molecule has 5 nitrogen and oxygen atoms in total. The largest absolute Gasteiger partial charge is 0.452 e. The first-order valence-corrected chi connectivity index (χ1v) is 9.18. The van der Waals surface area contributed by atoms with E-state index < -0.39 is 18.5 Å². The highest BCUT2D eigenvalue weighted by atomic mass is 35.5. The fourth-order valence-corrected chi connectivity index (χ4v) is 3.00. The van der Waals surface area contributed by atoms with Gasteiger partial charge in [-0.3, -0.25) is 4.79 Å². The highest BCUT2D eigenvalue weighted by Crippen LogP contribution is 2.22. The maximum atomic E-state index is 12.5. The van der Waals surface area contributed by atoms with Crippen molar-refractivity contribution in [2.24, 2.45) is 0 Å². The molecule has 0 bridgehead atoms. The number of nitrogens with one attached hydrogen (secondary N) is 1. The third-order valence-electron chi connectivity index (χ3n) is 3.87. The van der Waals surface area contributed by atoms with E-state index in [9.17, 15) is 9.59 Å². The lowest BCUT2D eigenvalue weighted by molar-refractivity contribution is -0.119. The Kier molecular flexibility index (Phi) is 6.63. The number of aromatic nitrogens is 1. The first-order chi connectivity index (χ1) is 13.5. The molecule has 7 heteroatoms. The molecular formula is C21H16Cl2N2O3. The van der Waals surface area contributed by atoms with E-state index in [1.54, 1.807) is 12.1 Å². The van der Waals surface area contributed by atoms with E-state index in [4.69, 9.17) is 27.9 Å². The Bertz CT molecular complexity index is 994. The number of hydrogen-bond donors (Lipinski definition) is 1. The van der Waals surface area contributed by atoms with Crippen LogP contribution >= 0.6 is 23.2 Å². The number of anilines is 1. The second kappa shape index (κ2) is 9.35. The maximum Gasteiger partial charge on any atom is 0.338 e. The average Bonchev–Trinajstić information content (AvgIpc) is 2.69. The molecule has 0 atom stereocenters. The van der Waals surface area contributed by atoms with Gasteiger partial charge in [-0.25, -0.2) is 9.78 Å². The first-order valence-electron chi connectivity index (χ1n) is 8.43. The molecule has 0 saturated heterocycles. The molecule has 28 heavy (non-hydrogen) atoms. The van der Waals surface area contributed by atoms with Gasteiger partial charge >= 0.3 is 5.97 Å². The monoisotopic (exact) mass is 414 g/mol. The predicted molar refractivity (Wildman–Crippen MR) is 109 cm³/mol. The lowest BCUT2D eigenvalue weighted by Crippen LogP contribution is -2.22. The number of ether oxygens (including phenoxy) is 1. The molecule has 1 N–H and O–H groups in total. The maximum absolute atomic E-state index is 12.5. The Morgan fingerprint density at radius 3 is 2.46 bits per heavy atom. The van der Waals surface area contributed by atoms with Crippen LogP contribution in [-0.4, -0.2) is 23.5 Å². The molecule has 0 spiro atoms. The fraction of sp³-hybridized carbons (Fsp3) is 0.0952. The van der Waals surface area contributed by atoms with Crippen molar-refractivity contribution in [3.8, 4) is 0 Å². The van der Waals surface area contributed by atoms with Gasteiger partial charge in [0.15, 0.2) is 12.4 Å². The minimum Gasteiger partial charge on any atom is -0.452 e. The van der Waals surface area contributed by atoms with Crippen LogP contribution in [0.5, 0.6) is 0 Å². The molecule has 142 valence electrons. The molecule has 0 aliphatic carbocycles. The van der Waals surface area contributed by atoms with E-state index in [0.29, 0.717) is 17.0 Å². The van der Waals surface area contributed by atoms with Crippen molar-refractivity contribution >= 4 is 40.9 Å². The first kappa shape index (κ1) is 19.9. The molecule has 0 radical (unpaired) electrons. The molecule has 1 heterocycles. The Balaban J connectivity index is 1.62. The van der Waals surface area contributed by atoms with Crippen LogP contribution in [0.1, 0.15) is 21.5 Å². The number of carbonyl (C=O) groups excluding carboxylic acids is 2. The zero-order valence-electron chi connectivity index (χ0n) is 14.7. The van der Waals surface area contributed by atoms with Crippen LogP contribution in [-0.2, 0) is 16.0 Å². The molecule has 0 aliphatic heterocycles. The van der Waals surface area contributed by atoms with Crippen molar-refractivity contribution in [3.05, 3.63) is 93.6 Å². The van der Waals surface area contributed by atoms with Crippen molar-refractivity contribution < 1.29 is 14.3 Å². The summed E-state index contributed by atoms with van der Waals surface area (Å²) in [5, 5.41) is 3.03. The molecule has 0 fully saturated rings. The third kappa shape index (κ3) is 5.31. The lowest BCUT2D eigenvalue weighted by Gasteiger charge is -2.10. The summed E-state index contributed by atoms with van der Waals surface area (Å²) in [4.78, 5) is 28.4. The number of rotatable bonds is 6. The number of esters is 1. The van der Waals surface area contributed by atoms with Crippen molar-refractivity contribution in [1.82, 2.24) is 4.98 Å². The predicted octanol–water partition coefficient (Wildman–Crippen LogP) is 4.77. The van der Waals surface area contributed by atoms with Crippen LogP contribution in [0.15, 0.2) is 66.9 Å². The van der Waals surface area contributed by atoms with Crippen molar-refractivity contribution in [2.75, 3.05) is 11.9 Å². The number of pyridine rings is 1. The molecule has 1 aromatic heterocycles. The van der Waals surface area contributed by atoms with Crippen LogP contribution in [0.4, 0.5) is 5.82 Å². The second-order valence-electron chi connectivity index (χ2n) is 5.93. The van der Waals surface area contributed by atoms with E-state index in [-0.39, 0.29) is 10.8 Å². The van der Waals surface area contributed by atoms with Crippen molar-refractivity contribution in [3.63, 3.8) is 0 Å². The van der Waals surface area contributed by atoms with Crippen LogP contribution in [0.2, 0.25) is 10.0 Å². The van der Waals surface area contributed by atoms with Gasteiger partial charge in [-0.2, -0.15) is 0 Å². The van der Waals surface area contributed by atoms with Gasteiger partial charge in [-0.15, -0.1) is 0 Å². The summed E-state index contributed by atoms with van der Waals surface area (Å²) in [6.07, 6.45) is 1.94. The number of halogens is 2. The summed E-state index contributed by atoms with van der Waals surface area (Å²) in [7, 11) is 0. The topological polar surface area (TPSA) is 68.3 Å². The Morgan fingerprint density at radius 1 is 1.00 bits per heavy atom. The van der Waals surface area contributed by atoms with Gasteiger partial charge in [0.1, 0.15) is 0 Å². The van der Waals surface area contributed by atoms with Gasteiger partial charge in [0.2, 0.25) is 0 Å². The molecule has 1 amide bonds. The summed E-state index contributed by atoms with van der Waals surface area (Å²) in [6.45, 7) is -0.459. The summed E-state index contributed by atoms with van der Waals surface area (Å²) < 4.78 is 5.16. The Labute approximate surface area is 172 Å². The normalized spacial score (nSPS) is 10.4. The van der Waals surface area contributed by atoms with Crippen molar-refractivity contribution in [1.29, 1.82) is 0 Å². The van der Waals surface area contributed by atoms with E-state index in [0.717, 1.165) is 11.1 Å². The van der Waals surface area contributed by atoms with Gasteiger partial charge < -0.3 is 10.1 Å². The summed E-state index contributed by atoms with van der Waals surface area (Å²) in [5.74, 6) is -0.973. The summed E-state index contributed by atoms with van der Waals surface area (Å²) in [6, 6.07) is 18.4. The minimum absolute atomic E-state index is 0.150. The molecule has 3 rings (SSSR count). The fourth-order valence-electron chi connectivity index (χ4n) is 2.57. The van der Waals surface area contributed by atoms with E-state index in [2.05, 4.69) is 10.3 Å². The van der Waals surface area contributed by atoms with Gasteiger partial charge in [0, 0.05) is 6.20 Å². The van der Waals surface area contributed by atoms with Crippen LogP contribution in [0.25, 0.3) is 0 Å². The van der Waals surface area contributed by atoms with Gasteiger partial charge in [-0.05, 0) is 29.7 Å². The van der Waals surface area contributed by atoms with Crippen LogP contribution < -0.4 is 5.32 Å². The quantitative estimate of drug-likeness (QED) is 0.589. The summed E-state index contributed by atoms with van der Waals surface area (Å²) in [5.41, 5.74) is 2.31. The zero-order valence-corrected chi connectivity index (χ0v) is 16.2. The smallest absolute Gasteiger partial charge is 0.338 e. The highest BCUT2D eigenvalue weighted by molar-refractivity contribution is 6.36. The van der Waals surface area contributed by atoms with Crippen molar-refractivity contribution in [2.45, 2.75) is 6.42 Å². The molecule has 2 aromatic carbocycles. The van der Waals surface area contributed by atoms with E-state index >= 15 is 0 Å². The molecule has 0 aliphatic rings. The number of hydrogen-bond acceptors (Lipinski definition) is 4. The van der Waals surface area contributed by atoms with Gasteiger partial charge in [0.05, 0.1) is 15.6 Å². The number of amides is 1. The lowest BCUT2D eigenvalue weighted by atomic mass is 10.00. The number of nitrogens with zero attached hydrogens (tertiary/aromatic N) is 1. The molecular weight excluding hydrogens is 399 g/mol. The molecule has 0 unspecified atom stereocenters. The average molecular weight is 415 g/mol. The number of benzene rings is 2. The van der Waals surface area contributed by atoms with Crippen LogP contribution in [0.3, 0.4) is 0 Å². The van der Waals surface area contributed by atoms with Crippen LogP contribution in [0, 0.1) is 0 Å². The van der Waals surface area contributed by atoms with Gasteiger partial charge in [0.25, 0.3) is 5.91 Å². The zero-order chi connectivity index (χ0) is 19.9. The molecule has 0 saturated carbocycles. The Hall–Kier alpha value is -2.89. The number of carbonyl (C=O) groups is 2. The highest BCUT2D eigenvalue weighted by Gasteiger charge is 2.15. The van der Waals surface area contributed by atoms with E-state index in [1.807, 2.05) is 42.5 Å². The molecule has 3 aromatic rings. The van der Waals surface area contributed by atoms with Gasteiger partial charge in [-0.1, -0.05) is 71.7 Å². The SMILES string of the molecule is O=C(COC(=O)c1ccccc1Cc1ccccc1)Nc1ncc(Cl)cc1Cl. The standard InChI is InChI=1S/C21H16Cl2N2O3/c22-16-11-18(23)20(24-12-16)25-19(26)13-28-21(27)17-9-5-4-8-15(17)10-14-6-2-1-3-7-14/h1-9,11-12H,10,13H2,(H,24,25,26). The third-order valence-corrected chi connectivity index (χ3v) is 4.37. The van der Waals surface area contributed by atoms with E-state index in [1.165, 1.54) is 12.3 Å². The summed E-state index contributed by atoms with van der Waals surface area (Å²) >= 11 is 11.7. The minimum atomic E-state index is -0.572. The second-order valence-corrected chi connectivity index (χ2v) is 6.77. The Morgan fingerprint density at radius 2 is 1.71 bits per heavy atom.